The Hall–Kier alpha value is -0.390. The number of hydrogen-bond acceptors (Lipinski definition) is 3. The van der Waals surface area contributed by atoms with Gasteiger partial charge in [-0.25, -0.2) is 0 Å². The fraction of sp³-hybridized carbons (Fsp3) is 0.800. The predicted octanol–water partition coefficient (Wildman–Crippen LogP) is 3.67. The second kappa shape index (κ2) is 8.15. The number of rotatable bonds is 7. The maximum absolute atomic E-state index is 5.85. The van der Waals surface area contributed by atoms with Gasteiger partial charge in [0.1, 0.15) is 0 Å². The van der Waals surface area contributed by atoms with E-state index in [1.807, 2.05) is 6.20 Å². The number of hydrogen-bond donors (Lipinski definition) is 1. The molecule has 0 spiro atoms. The molecule has 1 aliphatic heterocycles. The molecule has 1 fully saturated rings. The molecule has 0 aliphatic carbocycles. The molecular formula is C15H26BrN3O. The lowest BCUT2D eigenvalue weighted by atomic mass is 10.00. The van der Waals surface area contributed by atoms with Crippen LogP contribution in [0.1, 0.15) is 57.7 Å². The maximum Gasteiger partial charge on any atom is 0.0695 e. The fourth-order valence-electron chi connectivity index (χ4n) is 2.94. The van der Waals surface area contributed by atoms with Crippen molar-refractivity contribution in [3.05, 3.63) is 16.4 Å². The van der Waals surface area contributed by atoms with Gasteiger partial charge < -0.3 is 10.1 Å². The number of aryl methyl sites for hydroxylation is 1. The molecule has 0 aromatic carbocycles. The van der Waals surface area contributed by atoms with Crippen LogP contribution < -0.4 is 5.32 Å². The zero-order valence-electron chi connectivity index (χ0n) is 12.6. The topological polar surface area (TPSA) is 39.1 Å². The van der Waals surface area contributed by atoms with Gasteiger partial charge in [0.05, 0.1) is 28.5 Å². The van der Waals surface area contributed by atoms with Crippen LogP contribution in [-0.4, -0.2) is 29.0 Å². The second-order valence-corrected chi connectivity index (χ2v) is 6.22. The number of aromatic nitrogens is 2. The summed E-state index contributed by atoms with van der Waals surface area (Å²) in [6.07, 6.45) is 8.32. The zero-order chi connectivity index (χ0) is 14.4. The average molecular weight is 344 g/mol. The van der Waals surface area contributed by atoms with Crippen LogP contribution in [0.15, 0.2) is 10.7 Å². The summed E-state index contributed by atoms with van der Waals surface area (Å²) in [6, 6.07) is 0.349. The molecule has 1 aromatic rings. The highest BCUT2D eigenvalue weighted by atomic mass is 79.9. The number of nitrogens with one attached hydrogen (secondary N) is 1. The smallest absolute Gasteiger partial charge is 0.0695 e. The molecule has 0 radical (unpaired) electrons. The van der Waals surface area contributed by atoms with E-state index in [1.54, 1.807) is 0 Å². The van der Waals surface area contributed by atoms with Gasteiger partial charge in [-0.1, -0.05) is 6.92 Å². The summed E-state index contributed by atoms with van der Waals surface area (Å²) in [7, 11) is 0. The molecule has 20 heavy (non-hydrogen) atoms. The van der Waals surface area contributed by atoms with E-state index in [0.717, 1.165) is 37.0 Å². The molecule has 1 N–H and O–H groups in total. The molecular weight excluding hydrogens is 318 g/mol. The van der Waals surface area contributed by atoms with Crippen LogP contribution in [0.4, 0.5) is 0 Å². The lowest BCUT2D eigenvalue weighted by Gasteiger charge is -2.26. The van der Waals surface area contributed by atoms with Gasteiger partial charge in [-0.05, 0) is 61.5 Å². The minimum absolute atomic E-state index is 0.349. The van der Waals surface area contributed by atoms with Crippen LogP contribution in [0.3, 0.4) is 0 Å². The molecule has 0 amide bonds. The van der Waals surface area contributed by atoms with Crippen LogP contribution in [-0.2, 0) is 11.3 Å². The van der Waals surface area contributed by atoms with E-state index in [4.69, 9.17) is 4.74 Å². The highest BCUT2D eigenvalue weighted by molar-refractivity contribution is 9.10. The third-order valence-corrected chi connectivity index (χ3v) is 4.58. The first kappa shape index (κ1) is 16.0. The lowest BCUT2D eigenvalue weighted by Crippen LogP contribution is -2.27. The van der Waals surface area contributed by atoms with Gasteiger partial charge in [-0.3, -0.25) is 4.68 Å². The van der Waals surface area contributed by atoms with E-state index in [-0.39, 0.29) is 0 Å². The molecule has 1 saturated heterocycles. The zero-order valence-corrected chi connectivity index (χ0v) is 14.2. The van der Waals surface area contributed by atoms with Crippen molar-refractivity contribution in [1.82, 2.24) is 15.1 Å². The van der Waals surface area contributed by atoms with Crippen LogP contribution in [0.5, 0.6) is 0 Å². The van der Waals surface area contributed by atoms with Crippen molar-refractivity contribution in [3.63, 3.8) is 0 Å². The van der Waals surface area contributed by atoms with Crippen molar-refractivity contribution in [1.29, 1.82) is 0 Å². The van der Waals surface area contributed by atoms with Gasteiger partial charge in [-0.15, -0.1) is 0 Å². The van der Waals surface area contributed by atoms with Crippen molar-refractivity contribution in [2.24, 2.45) is 0 Å². The van der Waals surface area contributed by atoms with E-state index in [2.05, 4.69) is 44.9 Å². The van der Waals surface area contributed by atoms with Crippen LogP contribution in [0.25, 0.3) is 0 Å². The fourth-order valence-corrected chi connectivity index (χ4v) is 3.51. The summed E-state index contributed by atoms with van der Waals surface area (Å²) in [5.41, 5.74) is 1.27. The molecule has 2 heterocycles. The second-order valence-electron chi connectivity index (χ2n) is 5.37. The Morgan fingerprint density at radius 3 is 3.00 bits per heavy atom. The van der Waals surface area contributed by atoms with Crippen molar-refractivity contribution < 1.29 is 4.74 Å². The number of nitrogens with zero attached hydrogens (tertiary/aromatic N) is 2. The van der Waals surface area contributed by atoms with Crippen molar-refractivity contribution in [3.8, 4) is 0 Å². The number of halogens is 1. The summed E-state index contributed by atoms with van der Waals surface area (Å²) < 4.78 is 9.04. The SMILES string of the molecule is CCNC(CCC1CCCCO1)c1c(Br)cnn1CC. The Morgan fingerprint density at radius 2 is 2.35 bits per heavy atom. The molecule has 4 nitrogen and oxygen atoms in total. The Kier molecular flexibility index (Phi) is 6.52. The monoisotopic (exact) mass is 343 g/mol. The van der Waals surface area contributed by atoms with Crippen molar-refractivity contribution in [2.45, 2.75) is 64.6 Å². The maximum atomic E-state index is 5.85. The van der Waals surface area contributed by atoms with E-state index in [0.29, 0.717) is 12.1 Å². The Bertz CT molecular complexity index is 402. The van der Waals surface area contributed by atoms with E-state index >= 15 is 0 Å². The molecule has 2 rings (SSSR count). The normalized spacial score (nSPS) is 21.1. The minimum atomic E-state index is 0.349. The van der Waals surface area contributed by atoms with Gasteiger partial charge in [0.25, 0.3) is 0 Å². The van der Waals surface area contributed by atoms with Crippen molar-refractivity contribution in [2.75, 3.05) is 13.2 Å². The van der Waals surface area contributed by atoms with Crippen LogP contribution >= 0.6 is 15.9 Å². The summed E-state index contributed by atoms with van der Waals surface area (Å²) in [5, 5.41) is 8.02. The molecule has 2 unspecified atom stereocenters. The van der Waals surface area contributed by atoms with Gasteiger partial charge in [-0.2, -0.15) is 5.10 Å². The Labute approximate surface area is 130 Å². The Balaban J connectivity index is 2.00. The van der Waals surface area contributed by atoms with E-state index in [9.17, 15) is 0 Å². The molecule has 0 bridgehead atoms. The van der Waals surface area contributed by atoms with E-state index in [1.165, 1.54) is 25.0 Å². The first-order chi connectivity index (χ1) is 9.76. The summed E-state index contributed by atoms with van der Waals surface area (Å²) in [4.78, 5) is 0. The summed E-state index contributed by atoms with van der Waals surface area (Å²) in [6.45, 7) is 7.11. The molecule has 114 valence electrons. The number of ether oxygens (including phenoxy) is 1. The largest absolute Gasteiger partial charge is 0.378 e. The van der Waals surface area contributed by atoms with Gasteiger partial charge in [0, 0.05) is 13.2 Å². The van der Waals surface area contributed by atoms with Gasteiger partial charge in [0.15, 0.2) is 0 Å². The third-order valence-electron chi connectivity index (χ3n) is 3.96. The standard InChI is InChI=1S/C15H26BrN3O/c1-3-17-14(9-8-12-7-5-6-10-20-12)15-13(16)11-18-19(15)4-2/h11-12,14,17H,3-10H2,1-2H3. The van der Waals surface area contributed by atoms with Gasteiger partial charge >= 0.3 is 0 Å². The average Bonchev–Trinajstić information content (AvgIpc) is 2.85. The first-order valence-electron chi connectivity index (χ1n) is 7.82. The van der Waals surface area contributed by atoms with Crippen molar-refractivity contribution >= 4 is 15.9 Å². The molecule has 5 heteroatoms. The van der Waals surface area contributed by atoms with E-state index < -0.39 is 0 Å². The highest BCUT2D eigenvalue weighted by Gasteiger charge is 2.21. The molecule has 1 aliphatic rings. The highest BCUT2D eigenvalue weighted by Crippen LogP contribution is 2.28. The minimum Gasteiger partial charge on any atom is -0.378 e. The third kappa shape index (κ3) is 4.06. The first-order valence-corrected chi connectivity index (χ1v) is 8.61. The summed E-state index contributed by atoms with van der Waals surface area (Å²) in [5.74, 6) is 0. The summed E-state index contributed by atoms with van der Waals surface area (Å²) >= 11 is 3.64. The lowest BCUT2D eigenvalue weighted by molar-refractivity contribution is 0.00842. The Morgan fingerprint density at radius 1 is 1.50 bits per heavy atom. The van der Waals surface area contributed by atoms with Crippen LogP contribution in [0, 0.1) is 0 Å². The quantitative estimate of drug-likeness (QED) is 0.820. The van der Waals surface area contributed by atoms with Crippen LogP contribution in [0.2, 0.25) is 0 Å². The molecule has 0 saturated carbocycles. The molecule has 2 atom stereocenters. The predicted molar refractivity (Wildman–Crippen MR) is 84.8 cm³/mol. The molecule has 1 aromatic heterocycles. The van der Waals surface area contributed by atoms with Gasteiger partial charge in [0.2, 0.25) is 0 Å².